The van der Waals surface area contributed by atoms with Gasteiger partial charge in [-0.15, -0.1) is 0 Å². The number of hydrogen-bond acceptors (Lipinski definition) is 4. The molecule has 4 heteroatoms. The van der Waals surface area contributed by atoms with E-state index in [-0.39, 0.29) is 5.88 Å². The van der Waals surface area contributed by atoms with E-state index in [0.29, 0.717) is 17.1 Å². The fraction of sp³-hybridized carbons (Fsp3) is 0.154. The van der Waals surface area contributed by atoms with Crippen LogP contribution in [0.15, 0.2) is 30.5 Å². The molecule has 0 radical (unpaired) electrons. The quantitative estimate of drug-likeness (QED) is 0.856. The molecule has 0 atom stereocenters. The van der Waals surface area contributed by atoms with Gasteiger partial charge in [0.1, 0.15) is 5.69 Å². The van der Waals surface area contributed by atoms with Crippen molar-refractivity contribution in [2.24, 2.45) is 0 Å². The van der Waals surface area contributed by atoms with Crippen LogP contribution in [0, 0.1) is 6.92 Å². The molecular formula is C13H13N3O. The second kappa shape index (κ2) is 4.74. The van der Waals surface area contributed by atoms with Crippen molar-refractivity contribution in [1.82, 2.24) is 15.0 Å². The predicted molar refractivity (Wildman–Crippen MR) is 66.4 cm³/mol. The predicted octanol–water partition coefficient (Wildman–Crippen LogP) is 2.59. The number of aryl methyl sites for hydroxylation is 1. The van der Waals surface area contributed by atoms with Gasteiger partial charge in [-0.25, -0.2) is 4.98 Å². The minimum absolute atomic E-state index is 0.0174. The lowest BCUT2D eigenvalue weighted by Crippen LogP contribution is -1.97. The van der Waals surface area contributed by atoms with Crippen molar-refractivity contribution in [1.29, 1.82) is 0 Å². The first-order valence-corrected chi connectivity index (χ1v) is 5.34. The van der Waals surface area contributed by atoms with Gasteiger partial charge in [-0.1, -0.05) is 18.2 Å². The third kappa shape index (κ3) is 2.30. The zero-order chi connectivity index (χ0) is 12.3. The van der Waals surface area contributed by atoms with Crippen molar-refractivity contribution < 1.29 is 5.11 Å². The molecule has 0 bridgehead atoms. The average Bonchev–Trinajstić information content (AvgIpc) is 2.35. The number of rotatable bonds is 2. The lowest BCUT2D eigenvalue weighted by molar-refractivity contribution is 0.450. The molecular weight excluding hydrogens is 214 g/mol. The number of pyridine rings is 1. The van der Waals surface area contributed by atoms with Crippen LogP contribution in [0.25, 0.3) is 17.6 Å². The fourth-order valence-electron chi connectivity index (χ4n) is 1.54. The number of aromatic hydroxyl groups is 1. The van der Waals surface area contributed by atoms with Crippen LogP contribution in [-0.4, -0.2) is 20.1 Å². The molecule has 2 aromatic rings. The molecule has 17 heavy (non-hydrogen) atoms. The molecule has 2 heterocycles. The summed E-state index contributed by atoms with van der Waals surface area (Å²) < 4.78 is 0. The van der Waals surface area contributed by atoms with Gasteiger partial charge in [0.15, 0.2) is 5.82 Å². The summed E-state index contributed by atoms with van der Waals surface area (Å²) in [5, 5.41) is 9.83. The Morgan fingerprint density at radius 1 is 1.24 bits per heavy atom. The molecule has 4 nitrogen and oxygen atoms in total. The molecule has 0 unspecified atom stereocenters. The molecule has 0 fully saturated rings. The second-order valence-corrected chi connectivity index (χ2v) is 3.58. The zero-order valence-electron chi connectivity index (χ0n) is 9.75. The Morgan fingerprint density at radius 2 is 2.06 bits per heavy atom. The summed E-state index contributed by atoms with van der Waals surface area (Å²) in [4.78, 5) is 12.5. The Bertz CT molecular complexity index is 527. The Hall–Kier alpha value is -2.23. The van der Waals surface area contributed by atoms with Crippen molar-refractivity contribution in [3.8, 4) is 17.4 Å². The third-order valence-electron chi connectivity index (χ3n) is 2.34. The Kier molecular flexibility index (Phi) is 3.14. The molecule has 0 saturated heterocycles. The summed E-state index contributed by atoms with van der Waals surface area (Å²) in [7, 11) is 0. The van der Waals surface area contributed by atoms with E-state index in [2.05, 4.69) is 15.0 Å². The van der Waals surface area contributed by atoms with Crippen LogP contribution in [0.5, 0.6) is 5.88 Å². The Labute approximate surface area is 99.7 Å². The van der Waals surface area contributed by atoms with Crippen LogP contribution in [0.2, 0.25) is 0 Å². The van der Waals surface area contributed by atoms with E-state index in [1.54, 1.807) is 12.3 Å². The molecule has 0 aliphatic rings. The minimum atomic E-state index is -0.0174. The molecule has 0 aromatic carbocycles. The monoisotopic (exact) mass is 227 g/mol. The van der Waals surface area contributed by atoms with Crippen molar-refractivity contribution >= 4 is 6.08 Å². The van der Waals surface area contributed by atoms with Crippen LogP contribution in [0.3, 0.4) is 0 Å². The molecule has 0 aliphatic heterocycles. The van der Waals surface area contributed by atoms with Crippen LogP contribution in [-0.2, 0) is 0 Å². The zero-order valence-corrected chi connectivity index (χ0v) is 9.75. The van der Waals surface area contributed by atoms with Crippen LogP contribution in [0.4, 0.5) is 0 Å². The molecule has 2 rings (SSSR count). The number of aromatic nitrogens is 3. The summed E-state index contributed by atoms with van der Waals surface area (Å²) in [5.41, 5.74) is 2.03. The molecule has 1 N–H and O–H groups in total. The van der Waals surface area contributed by atoms with Crippen LogP contribution >= 0.6 is 0 Å². The van der Waals surface area contributed by atoms with E-state index >= 15 is 0 Å². The van der Waals surface area contributed by atoms with Gasteiger partial charge >= 0.3 is 0 Å². The topological polar surface area (TPSA) is 58.9 Å². The van der Waals surface area contributed by atoms with E-state index in [0.717, 1.165) is 5.69 Å². The molecule has 0 aliphatic carbocycles. The second-order valence-electron chi connectivity index (χ2n) is 3.58. The van der Waals surface area contributed by atoms with Crippen LogP contribution in [0.1, 0.15) is 18.2 Å². The maximum atomic E-state index is 9.83. The van der Waals surface area contributed by atoms with E-state index in [1.165, 1.54) is 0 Å². The van der Waals surface area contributed by atoms with Gasteiger partial charge in [-0.3, -0.25) is 4.98 Å². The number of hydrogen-bond donors (Lipinski definition) is 1. The summed E-state index contributed by atoms with van der Waals surface area (Å²) in [6.45, 7) is 3.72. The summed E-state index contributed by atoms with van der Waals surface area (Å²) in [5.74, 6) is 0.421. The van der Waals surface area contributed by atoms with Crippen molar-refractivity contribution in [2.45, 2.75) is 13.8 Å². The van der Waals surface area contributed by atoms with Gasteiger partial charge in [0.25, 0.3) is 0 Å². The summed E-state index contributed by atoms with van der Waals surface area (Å²) >= 11 is 0. The minimum Gasteiger partial charge on any atom is -0.493 e. The highest BCUT2D eigenvalue weighted by atomic mass is 16.3. The maximum Gasteiger partial charge on any atom is 0.222 e. The fourth-order valence-corrected chi connectivity index (χ4v) is 1.54. The molecule has 86 valence electrons. The van der Waals surface area contributed by atoms with Crippen LogP contribution < -0.4 is 0 Å². The van der Waals surface area contributed by atoms with Gasteiger partial charge in [0.2, 0.25) is 5.88 Å². The van der Waals surface area contributed by atoms with E-state index in [4.69, 9.17) is 0 Å². The third-order valence-corrected chi connectivity index (χ3v) is 2.34. The maximum absolute atomic E-state index is 9.83. The lowest BCUT2D eigenvalue weighted by Gasteiger charge is -2.05. The molecule has 2 aromatic heterocycles. The van der Waals surface area contributed by atoms with Gasteiger partial charge in [-0.05, 0) is 26.0 Å². The highest BCUT2D eigenvalue weighted by Gasteiger charge is 2.10. The van der Waals surface area contributed by atoms with E-state index < -0.39 is 0 Å². The molecule has 0 amide bonds. The summed E-state index contributed by atoms with van der Waals surface area (Å²) in [6, 6.07) is 5.49. The standard InChI is InChI=1S/C13H13N3O/c1-3-6-10-9(2)15-12(16-13(10)17)11-7-4-5-8-14-11/h3-8H,1-2H3,(H,15,16,17)/b6-3-. The SMILES string of the molecule is C/C=C\c1c(C)nc(-c2ccccn2)nc1O. The lowest BCUT2D eigenvalue weighted by atomic mass is 10.2. The number of nitrogens with zero attached hydrogens (tertiary/aromatic N) is 3. The van der Waals surface area contributed by atoms with Gasteiger partial charge < -0.3 is 5.11 Å². The smallest absolute Gasteiger partial charge is 0.222 e. The molecule has 0 saturated carbocycles. The number of allylic oxidation sites excluding steroid dienone is 1. The van der Waals surface area contributed by atoms with Gasteiger partial charge in [-0.2, -0.15) is 4.98 Å². The van der Waals surface area contributed by atoms with E-state index in [1.807, 2.05) is 38.1 Å². The average molecular weight is 227 g/mol. The summed E-state index contributed by atoms with van der Waals surface area (Å²) in [6.07, 6.45) is 5.30. The Morgan fingerprint density at radius 3 is 2.65 bits per heavy atom. The highest BCUT2D eigenvalue weighted by Crippen LogP contribution is 2.22. The normalized spacial score (nSPS) is 10.9. The largest absolute Gasteiger partial charge is 0.493 e. The molecule has 0 spiro atoms. The Balaban J connectivity index is 2.53. The first-order chi connectivity index (χ1) is 8.22. The first-order valence-electron chi connectivity index (χ1n) is 5.34. The highest BCUT2D eigenvalue weighted by molar-refractivity contribution is 5.60. The van der Waals surface area contributed by atoms with E-state index in [9.17, 15) is 5.11 Å². The van der Waals surface area contributed by atoms with Crippen molar-refractivity contribution in [3.05, 3.63) is 41.7 Å². The van der Waals surface area contributed by atoms with Gasteiger partial charge in [0, 0.05) is 6.20 Å². The van der Waals surface area contributed by atoms with Gasteiger partial charge in [0.05, 0.1) is 11.3 Å². The first kappa shape index (κ1) is 11.3. The van der Waals surface area contributed by atoms with Crippen molar-refractivity contribution in [3.63, 3.8) is 0 Å². The van der Waals surface area contributed by atoms with Crippen molar-refractivity contribution in [2.75, 3.05) is 0 Å².